The molecule has 0 spiro atoms. The molecule has 7 heteroatoms. The first-order valence-corrected chi connectivity index (χ1v) is 10.3. The van der Waals surface area contributed by atoms with Crippen LogP contribution >= 0.6 is 12.2 Å². The lowest BCUT2D eigenvalue weighted by atomic mass is 10.1. The summed E-state index contributed by atoms with van der Waals surface area (Å²) in [5.74, 6) is 0.926. The van der Waals surface area contributed by atoms with Crippen LogP contribution in [0.1, 0.15) is 11.1 Å². The molecule has 0 radical (unpaired) electrons. The fourth-order valence-electron chi connectivity index (χ4n) is 3.79. The van der Waals surface area contributed by atoms with Crippen LogP contribution in [-0.2, 0) is 6.67 Å². The van der Waals surface area contributed by atoms with Gasteiger partial charge in [0.25, 0.3) is 0 Å². The number of piperazine rings is 1. The summed E-state index contributed by atoms with van der Waals surface area (Å²) in [5.41, 5.74) is 4.66. The molecule has 29 heavy (non-hydrogen) atoms. The average molecular weight is 410 g/mol. The van der Waals surface area contributed by atoms with Crippen LogP contribution in [0.5, 0.6) is 5.75 Å². The van der Waals surface area contributed by atoms with Gasteiger partial charge >= 0.3 is 0 Å². The van der Waals surface area contributed by atoms with E-state index in [0.29, 0.717) is 6.67 Å². The van der Waals surface area contributed by atoms with Crippen molar-refractivity contribution in [2.24, 2.45) is 0 Å². The minimum atomic E-state index is 0.705. The van der Waals surface area contributed by atoms with Crippen molar-refractivity contribution in [3.63, 3.8) is 0 Å². The van der Waals surface area contributed by atoms with E-state index in [1.165, 1.54) is 11.1 Å². The van der Waals surface area contributed by atoms with Crippen LogP contribution < -0.4 is 9.64 Å². The maximum absolute atomic E-state index is 5.72. The monoisotopic (exact) mass is 409 g/mol. The predicted octanol–water partition coefficient (Wildman–Crippen LogP) is 3.81. The lowest BCUT2D eigenvalue weighted by molar-refractivity contribution is 0.194. The van der Waals surface area contributed by atoms with E-state index < -0.39 is 0 Å². The van der Waals surface area contributed by atoms with Gasteiger partial charge < -0.3 is 9.64 Å². The number of aryl methyl sites for hydroxylation is 2. The molecule has 1 aromatic heterocycles. The van der Waals surface area contributed by atoms with Crippen molar-refractivity contribution in [1.29, 1.82) is 0 Å². The van der Waals surface area contributed by atoms with Gasteiger partial charge in [-0.05, 0) is 55.4 Å². The Hall–Kier alpha value is -2.64. The zero-order valence-corrected chi connectivity index (χ0v) is 18.0. The highest BCUT2D eigenvalue weighted by molar-refractivity contribution is 7.71. The third-order valence-electron chi connectivity index (χ3n) is 5.49. The van der Waals surface area contributed by atoms with Crippen LogP contribution in [0.25, 0.3) is 5.69 Å². The number of hydrogen-bond donors (Lipinski definition) is 0. The van der Waals surface area contributed by atoms with Crippen LogP contribution in [0.4, 0.5) is 5.69 Å². The number of ether oxygens (including phenoxy) is 1. The van der Waals surface area contributed by atoms with Gasteiger partial charge in [-0.2, -0.15) is 5.10 Å². The van der Waals surface area contributed by atoms with Crippen molar-refractivity contribution in [1.82, 2.24) is 19.2 Å². The fraction of sp³-hybridized carbons (Fsp3) is 0.364. The van der Waals surface area contributed by atoms with Crippen molar-refractivity contribution in [3.8, 4) is 11.4 Å². The largest absolute Gasteiger partial charge is 0.495 e. The summed E-state index contributed by atoms with van der Waals surface area (Å²) < 4.78 is 10.2. The molecule has 0 amide bonds. The maximum Gasteiger partial charge on any atom is 0.203 e. The van der Waals surface area contributed by atoms with Crippen molar-refractivity contribution in [2.75, 3.05) is 38.2 Å². The summed E-state index contributed by atoms with van der Waals surface area (Å²) in [6, 6.07) is 14.6. The summed E-state index contributed by atoms with van der Waals surface area (Å²) in [6.45, 7) is 8.71. The van der Waals surface area contributed by atoms with E-state index in [9.17, 15) is 0 Å². The molecular weight excluding hydrogens is 382 g/mol. The van der Waals surface area contributed by atoms with Crippen molar-refractivity contribution in [3.05, 3.63) is 64.7 Å². The van der Waals surface area contributed by atoms with Crippen LogP contribution in [0.3, 0.4) is 0 Å². The second-order valence-electron chi connectivity index (χ2n) is 7.49. The molecule has 0 bridgehead atoms. The molecule has 1 aliphatic rings. The van der Waals surface area contributed by atoms with E-state index in [-0.39, 0.29) is 0 Å². The zero-order chi connectivity index (χ0) is 20.4. The highest BCUT2D eigenvalue weighted by Gasteiger charge is 2.20. The van der Waals surface area contributed by atoms with Crippen LogP contribution in [0.2, 0.25) is 0 Å². The Labute approximate surface area is 176 Å². The van der Waals surface area contributed by atoms with E-state index in [1.54, 1.807) is 7.11 Å². The molecule has 1 saturated heterocycles. The second-order valence-corrected chi connectivity index (χ2v) is 7.86. The lowest BCUT2D eigenvalue weighted by Gasteiger charge is -2.36. The summed E-state index contributed by atoms with van der Waals surface area (Å²) >= 11 is 5.72. The Bertz CT molecular complexity index is 1050. The number of para-hydroxylation sites is 2. The molecule has 4 rings (SSSR count). The van der Waals surface area contributed by atoms with Gasteiger partial charge in [0.1, 0.15) is 12.1 Å². The van der Waals surface area contributed by atoms with Crippen molar-refractivity contribution in [2.45, 2.75) is 20.5 Å². The van der Waals surface area contributed by atoms with E-state index in [1.807, 2.05) is 27.7 Å². The molecule has 1 fully saturated rings. The highest BCUT2D eigenvalue weighted by atomic mass is 32.1. The third kappa shape index (κ3) is 4.06. The maximum atomic E-state index is 5.72. The molecule has 0 aliphatic carbocycles. The molecule has 2 heterocycles. The second kappa shape index (κ2) is 8.39. The van der Waals surface area contributed by atoms with Gasteiger partial charge in [0.2, 0.25) is 4.77 Å². The number of benzene rings is 2. The number of rotatable bonds is 5. The third-order valence-corrected chi connectivity index (χ3v) is 5.90. The number of nitrogens with zero attached hydrogens (tertiary/aromatic N) is 5. The first-order valence-electron chi connectivity index (χ1n) is 9.89. The normalized spacial score (nSPS) is 14.9. The van der Waals surface area contributed by atoms with Crippen molar-refractivity contribution >= 4 is 17.9 Å². The minimum absolute atomic E-state index is 0.705. The Morgan fingerprint density at radius 2 is 1.76 bits per heavy atom. The van der Waals surface area contributed by atoms with Gasteiger partial charge in [-0.3, -0.25) is 9.47 Å². The lowest BCUT2D eigenvalue weighted by Crippen LogP contribution is -2.47. The summed E-state index contributed by atoms with van der Waals surface area (Å²) in [6.07, 6.45) is 1.83. The quantitative estimate of drug-likeness (QED) is 0.599. The highest BCUT2D eigenvalue weighted by Crippen LogP contribution is 2.28. The number of aromatic nitrogens is 3. The fourth-order valence-corrected chi connectivity index (χ4v) is 4.04. The van der Waals surface area contributed by atoms with E-state index in [0.717, 1.165) is 48.1 Å². The first kappa shape index (κ1) is 19.7. The van der Waals surface area contributed by atoms with E-state index >= 15 is 0 Å². The standard InChI is InChI=1S/C22H27N5OS/c1-17-8-9-18(2)20(14-17)26-15-23-27(22(26)29)16-24-10-12-25(13-11-24)19-6-4-5-7-21(19)28-3/h4-9,14-15H,10-13,16H2,1-3H3. The number of anilines is 1. The Morgan fingerprint density at radius 3 is 2.52 bits per heavy atom. The van der Waals surface area contributed by atoms with Gasteiger partial charge in [-0.15, -0.1) is 0 Å². The molecule has 1 aliphatic heterocycles. The van der Waals surface area contributed by atoms with Gasteiger partial charge in [0, 0.05) is 26.2 Å². The molecule has 0 unspecified atom stereocenters. The molecule has 0 atom stereocenters. The molecule has 2 aromatic carbocycles. The van der Waals surface area contributed by atoms with Gasteiger partial charge in [-0.25, -0.2) is 4.68 Å². The van der Waals surface area contributed by atoms with Gasteiger partial charge in [0.05, 0.1) is 25.2 Å². The molecule has 6 nitrogen and oxygen atoms in total. The Morgan fingerprint density at radius 1 is 1.00 bits per heavy atom. The molecule has 0 saturated carbocycles. The SMILES string of the molecule is COc1ccccc1N1CCN(Cn2ncn(-c3cc(C)ccc3C)c2=S)CC1. The molecule has 152 valence electrons. The Balaban J connectivity index is 1.45. The summed E-state index contributed by atoms with van der Waals surface area (Å²) in [5, 5.41) is 4.56. The molecular formula is C22H27N5OS. The van der Waals surface area contributed by atoms with Gasteiger partial charge in [0.15, 0.2) is 0 Å². The van der Waals surface area contributed by atoms with Crippen LogP contribution in [0.15, 0.2) is 48.8 Å². The topological polar surface area (TPSA) is 38.5 Å². The Kier molecular flexibility index (Phi) is 5.69. The van der Waals surface area contributed by atoms with Gasteiger partial charge in [-0.1, -0.05) is 24.3 Å². The van der Waals surface area contributed by atoms with Crippen LogP contribution in [0, 0.1) is 18.6 Å². The first-order chi connectivity index (χ1) is 14.1. The van der Waals surface area contributed by atoms with E-state index in [4.69, 9.17) is 17.0 Å². The van der Waals surface area contributed by atoms with Crippen molar-refractivity contribution < 1.29 is 4.74 Å². The average Bonchev–Trinajstić information content (AvgIpc) is 3.10. The number of hydrogen-bond acceptors (Lipinski definition) is 5. The van der Waals surface area contributed by atoms with Crippen LogP contribution in [-0.4, -0.2) is 52.5 Å². The molecule has 0 N–H and O–H groups in total. The molecule has 3 aromatic rings. The number of methoxy groups -OCH3 is 1. The smallest absolute Gasteiger partial charge is 0.203 e. The minimum Gasteiger partial charge on any atom is -0.495 e. The summed E-state index contributed by atoms with van der Waals surface area (Å²) in [4.78, 5) is 4.77. The predicted molar refractivity (Wildman–Crippen MR) is 119 cm³/mol. The summed E-state index contributed by atoms with van der Waals surface area (Å²) in [7, 11) is 1.73. The zero-order valence-electron chi connectivity index (χ0n) is 17.2. The van der Waals surface area contributed by atoms with E-state index in [2.05, 4.69) is 59.1 Å².